The molecule has 202 valence electrons. The molecule has 0 radical (unpaired) electrons. The third-order valence-electron chi connectivity index (χ3n) is 5.52. The first-order chi connectivity index (χ1) is 19.4. The number of hydrogen-bond donors (Lipinski definition) is 1. The molecule has 0 bridgehead atoms. The fourth-order valence-corrected chi connectivity index (χ4v) is 3.92. The highest BCUT2D eigenvalue weighted by Gasteiger charge is 2.10. The van der Waals surface area contributed by atoms with Crippen LogP contribution in [0.5, 0.6) is 17.2 Å². The SMILES string of the molecule is COc1cc(/C=N/NC(=O)c2ccc(OCc3ccc(Cl)cc3Cl)cc2)ccc1OC(=O)/C=C/c1ccccc1. The van der Waals surface area contributed by atoms with E-state index in [0.29, 0.717) is 32.7 Å². The number of ether oxygens (including phenoxy) is 3. The van der Waals surface area contributed by atoms with E-state index < -0.39 is 11.9 Å². The number of nitrogens with one attached hydrogen (secondary N) is 1. The van der Waals surface area contributed by atoms with Gasteiger partial charge in [-0.25, -0.2) is 10.2 Å². The van der Waals surface area contributed by atoms with Crippen LogP contribution >= 0.6 is 23.2 Å². The van der Waals surface area contributed by atoms with E-state index in [1.165, 1.54) is 19.4 Å². The second-order valence-corrected chi connectivity index (χ2v) is 9.17. The number of methoxy groups -OCH3 is 1. The second kappa shape index (κ2) is 14.0. The zero-order valence-electron chi connectivity index (χ0n) is 21.3. The van der Waals surface area contributed by atoms with Crippen molar-refractivity contribution < 1.29 is 23.8 Å². The summed E-state index contributed by atoms with van der Waals surface area (Å²) >= 11 is 12.1. The Kier molecular flexibility index (Phi) is 9.93. The van der Waals surface area contributed by atoms with Crippen LogP contribution in [0.2, 0.25) is 10.0 Å². The number of amides is 1. The predicted octanol–water partition coefficient (Wildman–Crippen LogP) is 6.96. The summed E-state index contributed by atoms with van der Waals surface area (Å²) in [5.74, 6) is 0.237. The van der Waals surface area contributed by atoms with Crippen LogP contribution in [0, 0.1) is 0 Å². The van der Waals surface area contributed by atoms with E-state index in [1.807, 2.05) is 30.3 Å². The number of nitrogens with zero attached hydrogens (tertiary/aromatic N) is 1. The Morgan fingerprint density at radius 2 is 1.65 bits per heavy atom. The molecule has 40 heavy (non-hydrogen) atoms. The van der Waals surface area contributed by atoms with Crippen molar-refractivity contribution in [2.24, 2.45) is 5.10 Å². The summed E-state index contributed by atoms with van der Waals surface area (Å²) in [6, 6.07) is 26.1. The third kappa shape index (κ3) is 8.20. The molecule has 4 aromatic rings. The number of benzene rings is 4. The van der Waals surface area contributed by atoms with E-state index in [2.05, 4.69) is 10.5 Å². The molecule has 0 spiro atoms. The minimum atomic E-state index is -0.541. The summed E-state index contributed by atoms with van der Waals surface area (Å²) in [5, 5.41) is 5.08. The van der Waals surface area contributed by atoms with E-state index in [0.717, 1.165) is 11.1 Å². The molecule has 0 aliphatic heterocycles. The van der Waals surface area contributed by atoms with E-state index in [1.54, 1.807) is 66.7 Å². The van der Waals surface area contributed by atoms with Crippen LogP contribution in [0.15, 0.2) is 102 Å². The van der Waals surface area contributed by atoms with Gasteiger partial charge in [0, 0.05) is 27.2 Å². The third-order valence-corrected chi connectivity index (χ3v) is 6.10. The predicted molar refractivity (Wildman–Crippen MR) is 156 cm³/mol. The Morgan fingerprint density at radius 3 is 2.38 bits per heavy atom. The highest BCUT2D eigenvalue weighted by Crippen LogP contribution is 2.28. The van der Waals surface area contributed by atoms with Gasteiger partial charge in [-0.3, -0.25) is 4.79 Å². The fraction of sp³-hybridized carbons (Fsp3) is 0.0645. The zero-order valence-corrected chi connectivity index (χ0v) is 22.9. The summed E-state index contributed by atoms with van der Waals surface area (Å²) in [5.41, 5.74) is 5.18. The topological polar surface area (TPSA) is 86.2 Å². The van der Waals surface area contributed by atoms with E-state index in [4.69, 9.17) is 37.4 Å². The Bertz CT molecular complexity index is 1540. The van der Waals surface area contributed by atoms with Crippen molar-refractivity contribution in [3.8, 4) is 17.2 Å². The molecule has 0 aliphatic rings. The minimum absolute atomic E-state index is 0.257. The van der Waals surface area contributed by atoms with E-state index in [-0.39, 0.29) is 12.4 Å². The average molecular weight is 575 g/mol. The van der Waals surface area contributed by atoms with Gasteiger partial charge in [-0.1, -0.05) is 59.6 Å². The normalized spacial score (nSPS) is 11.0. The van der Waals surface area contributed by atoms with Crippen molar-refractivity contribution in [3.05, 3.63) is 129 Å². The van der Waals surface area contributed by atoms with Gasteiger partial charge in [-0.2, -0.15) is 5.10 Å². The molecule has 7 nitrogen and oxygen atoms in total. The smallest absolute Gasteiger partial charge is 0.336 e. The molecule has 0 unspecified atom stereocenters. The first kappa shape index (κ1) is 28.4. The van der Waals surface area contributed by atoms with Gasteiger partial charge in [0.1, 0.15) is 12.4 Å². The molecule has 0 aromatic heterocycles. The molecule has 0 fully saturated rings. The van der Waals surface area contributed by atoms with Crippen LogP contribution in [0.1, 0.15) is 27.0 Å². The quantitative estimate of drug-likeness (QED) is 0.0726. The maximum absolute atomic E-state index is 12.5. The van der Waals surface area contributed by atoms with Crippen LogP contribution in [0.4, 0.5) is 0 Å². The van der Waals surface area contributed by atoms with Gasteiger partial charge in [-0.15, -0.1) is 0 Å². The average Bonchev–Trinajstić information content (AvgIpc) is 2.97. The van der Waals surface area contributed by atoms with Crippen molar-refractivity contribution in [2.75, 3.05) is 7.11 Å². The molecule has 0 aliphatic carbocycles. The lowest BCUT2D eigenvalue weighted by Crippen LogP contribution is -2.17. The zero-order chi connectivity index (χ0) is 28.3. The molecule has 0 heterocycles. The van der Waals surface area contributed by atoms with Gasteiger partial charge in [-0.05, 0) is 71.8 Å². The van der Waals surface area contributed by atoms with Gasteiger partial charge in [0.15, 0.2) is 11.5 Å². The molecule has 4 aromatic carbocycles. The maximum atomic E-state index is 12.5. The van der Waals surface area contributed by atoms with Crippen molar-refractivity contribution in [1.29, 1.82) is 0 Å². The molecule has 0 saturated heterocycles. The maximum Gasteiger partial charge on any atom is 0.336 e. The lowest BCUT2D eigenvalue weighted by Gasteiger charge is -2.09. The second-order valence-electron chi connectivity index (χ2n) is 8.32. The number of halogens is 2. The first-order valence-corrected chi connectivity index (χ1v) is 12.8. The summed E-state index contributed by atoms with van der Waals surface area (Å²) in [4.78, 5) is 24.7. The van der Waals surface area contributed by atoms with Crippen molar-refractivity contribution in [1.82, 2.24) is 5.43 Å². The van der Waals surface area contributed by atoms with Crippen LogP contribution in [-0.2, 0) is 11.4 Å². The molecule has 4 rings (SSSR count). The summed E-state index contributed by atoms with van der Waals surface area (Å²) < 4.78 is 16.5. The Balaban J connectivity index is 1.30. The summed E-state index contributed by atoms with van der Waals surface area (Å²) in [6.45, 7) is 0.262. The van der Waals surface area contributed by atoms with Gasteiger partial charge in [0.05, 0.1) is 13.3 Å². The van der Waals surface area contributed by atoms with Gasteiger partial charge >= 0.3 is 5.97 Å². The Morgan fingerprint density at radius 1 is 0.875 bits per heavy atom. The minimum Gasteiger partial charge on any atom is -0.493 e. The highest BCUT2D eigenvalue weighted by molar-refractivity contribution is 6.35. The summed E-state index contributed by atoms with van der Waals surface area (Å²) in [6.07, 6.45) is 4.46. The van der Waals surface area contributed by atoms with Gasteiger partial charge in [0.2, 0.25) is 0 Å². The number of carbonyl (C=O) groups is 2. The monoisotopic (exact) mass is 574 g/mol. The largest absolute Gasteiger partial charge is 0.493 e. The number of hydrazone groups is 1. The molecular formula is C31H24Cl2N2O5. The van der Waals surface area contributed by atoms with Crippen molar-refractivity contribution in [3.63, 3.8) is 0 Å². The molecule has 9 heteroatoms. The fourth-order valence-electron chi connectivity index (χ4n) is 3.45. The highest BCUT2D eigenvalue weighted by atomic mass is 35.5. The molecule has 1 N–H and O–H groups in total. The number of hydrogen-bond acceptors (Lipinski definition) is 6. The van der Waals surface area contributed by atoms with Crippen molar-refractivity contribution >= 4 is 47.4 Å². The first-order valence-electron chi connectivity index (χ1n) is 12.0. The van der Waals surface area contributed by atoms with Crippen LogP contribution in [0.25, 0.3) is 6.08 Å². The standard InChI is InChI=1S/C31H24Cl2N2O5/c1-38-29-17-22(7-15-28(29)40-30(36)16-8-21-5-3-2-4-6-21)19-34-35-31(37)23-10-13-26(14-11-23)39-20-24-9-12-25(32)18-27(24)33/h2-19H,20H2,1H3,(H,35,37)/b16-8+,34-19+. The number of carbonyl (C=O) groups excluding carboxylic acids is 2. The van der Waals surface area contributed by atoms with Gasteiger partial charge in [0.25, 0.3) is 5.91 Å². The molecule has 0 saturated carbocycles. The molecule has 0 atom stereocenters. The van der Waals surface area contributed by atoms with Crippen LogP contribution in [0.3, 0.4) is 0 Å². The van der Waals surface area contributed by atoms with Crippen LogP contribution < -0.4 is 19.6 Å². The lowest BCUT2D eigenvalue weighted by molar-refractivity contribution is -0.129. The van der Waals surface area contributed by atoms with Crippen LogP contribution in [-0.4, -0.2) is 25.2 Å². The van der Waals surface area contributed by atoms with E-state index >= 15 is 0 Å². The Labute approximate surface area is 241 Å². The Hall–Kier alpha value is -4.59. The van der Waals surface area contributed by atoms with Crippen molar-refractivity contribution in [2.45, 2.75) is 6.61 Å². The molecule has 1 amide bonds. The lowest BCUT2D eigenvalue weighted by atomic mass is 10.2. The van der Waals surface area contributed by atoms with Gasteiger partial charge < -0.3 is 14.2 Å². The van der Waals surface area contributed by atoms with E-state index in [9.17, 15) is 9.59 Å². The number of rotatable bonds is 10. The number of esters is 1. The molecular weight excluding hydrogens is 551 g/mol. The summed E-state index contributed by atoms with van der Waals surface area (Å²) in [7, 11) is 1.46.